The Morgan fingerprint density at radius 3 is 2.48 bits per heavy atom. The van der Waals surface area contributed by atoms with Gasteiger partial charge in [0, 0.05) is 11.8 Å². The molecule has 0 aliphatic carbocycles. The third kappa shape index (κ3) is 1.77. The number of nitrogens with one attached hydrogen (secondary N) is 1. The lowest BCUT2D eigenvalue weighted by Gasteiger charge is -2.14. The SMILES string of the molecule is C1=CC(c2cc3cccc4ccc5cccc2c5c43)=NNN=C1. The molecule has 0 fully saturated rings. The quantitative estimate of drug-likeness (QED) is 0.518. The van der Waals surface area contributed by atoms with E-state index in [0.717, 1.165) is 11.3 Å². The summed E-state index contributed by atoms with van der Waals surface area (Å²) < 4.78 is 0. The molecule has 0 saturated heterocycles. The molecule has 1 aliphatic heterocycles. The second-order valence-corrected chi connectivity index (χ2v) is 5.71. The molecule has 1 heterocycles. The molecule has 0 aromatic heterocycles. The lowest BCUT2D eigenvalue weighted by atomic mass is 9.90. The smallest absolute Gasteiger partial charge is 0.0929 e. The first-order valence-electron chi connectivity index (χ1n) is 7.61. The molecule has 1 aliphatic rings. The molecule has 23 heavy (non-hydrogen) atoms. The van der Waals surface area contributed by atoms with E-state index in [1.165, 1.54) is 32.3 Å². The summed E-state index contributed by atoms with van der Waals surface area (Å²) in [5, 5.41) is 16.0. The van der Waals surface area contributed by atoms with Crippen LogP contribution >= 0.6 is 0 Å². The highest BCUT2D eigenvalue weighted by atomic mass is 15.5. The first-order chi connectivity index (χ1) is 11.4. The van der Waals surface area contributed by atoms with Gasteiger partial charge in [-0.15, -0.1) is 0 Å². The predicted octanol–water partition coefficient (Wildman–Crippen LogP) is 4.43. The van der Waals surface area contributed by atoms with Gasteiger partial charge in [-0.2, -0.15) is 15.7 Å². The second kappa shape index (κ2) is 4.65. The van der Waals surface area contributed by atoms with Crippen LogP contribution in [0.15, 0.2) is 77.0 Å². The van der Waals surface area contributed by atoms with Crippen molar-refractivity contribution in [1.29, 1.82) is 0 Å². The first-order valence-corrected chi connectivity index (χ1v) is 7.61. The van der Waals surface area contributed by atoms with E-state index in [1.54, 1.807) is 6.21 Å². The minimum absolute atomic E-state index is 0.890. The molecule has 4 aromatic carbocycles. The summed E-state index contributed by atoms with van der Waals surface area (Å²) >= 11 is 0. The molecule has 4 aromatic rings. The highest BCUT2D eigenvalue weighted by Crippen LogP contribution is 2.36. The maximum atomic E-state index is 4.38. The first kappa shape index (κ1) is 12.4. The Balaban J connectivity index is 1.98. The van der Waals surface area contributed by atoms with Crippen molar-refractivity contribution >= 4 is 44.2 Å². The van der Waals surface area contributed by atoms with Crippen LogP contribution in [-0.4, -0.2) is 11.9 Å². The summed E-state index contributed by atoms with van der Waals surface area (Å²) in [6.45, 7) is 0. The average Bonchev–Trinajstić information content (AvgIpc) is 2.89. The Bertz CT molecular complexity index is 1140. The molecule has 0 bridgehead atoms. The van der Waals surface area contributed by atoms with Crippen molar-refractivity contribution in [2.24, 2.45) is 10.2 Å². The summed E-state index contributed by atoms with van der Waals surface area (Å²) in [7, 11) is 0. The van der Waals surface area contributed by atoms with Gasteiger partial charge in [0.2, 0.25) is 0 Å². The number of hydrogen-bond acceptors (Lipinski definition) is 3. The number of rotatable bonds is 1. The number of allylic oxidation sites excluding steroid dienone is 2. The standard InChI is InChI=1S/C20H13N3/c1-4-13-9-10-14-5-2-7-16-17(18-8-3-11-21-23-22-18)12-15(6-1)19(13)20(14)16/h1-12,23H. The van der Waals surface area contributed by atoms with E-state index in [1.807, 2.05) is 12.2 Å². The van der Waals surface area contributed by atoms with Gasteiger partial charge in [-0.3, -0.25) is 0 Å². The second-order valence-electron chi connectivity index (χ2n) is 5.71. The van der Waals surface area contributed by atoms with E-state index < -0.39 is 0 Å². The average molecular weight is 295 g/mol. The third-order valence-corrected chi connectivity index (χ3v) is 4.43. The summed E-state index contributed by atoms with van der Waals surface area (Å²) in [6, 6.07) is 19.5. The maximum absolute atomic E-state index is 4.38. The van der Waals surface area contributed by atoms with E-state index in [9.17, 15) is 0 Å². The Kier molecular flexibility index (Phi) is 2.50. The van der Waals surface area contributed by atoms with Gasteiger partial charge in [0.25, 0.3) is 0 Å². The van der Waals surface area contributed by atoms with Crippen molar-refractivity contribution in [2.45, 2.75) is 0 Å². The van der Waals surface area contributed by atoms with Crippen molar-refractivity contribution in [1.82, 2.24) is 5.53 Å². The number of nitrogens with zero attached hydrogens (tertiary/aromatic N) is 2. The van der Waals surface area contributed by atoms with E-state index >= 15 is 0 Å². The highest BCUT2D eigenvalue weighted by molar-refractivity contribution is 6.29. The summed E-state index contributed by atoms with van der Waals surface area (Å²) in [4.78, 5) is 0. The molecule has 3 heteroatoms. The maximum Gasteiger partial charge on any atom is 0.0929 e. The van der Waals surface area contributed by atoms with Gasteiger partial charge in [0.1, 0.15) is 0 Å². The molecule has 0 spiro atoms. The zero-order valence-electron chi connectivity index (χ0n) is 12.3. The lowest BCUT2D eigenvalue weighted by molar-refractivity contribution is 0.817. The van der Waals surface area contributed by atoms with Crippen molar-refractivity contribution < 1.29 is 0 Å². The molecule has 5 rings (SSSR count). The molecule has 0 saturated carbocycles. The van der Waals surface area contributed by atoms with Gasteiger partial charge >= 0.3 is 0 Å². The van der Waals surface area contributed by atoms with Crippen LogP contribution in [0, 0.1) is 0 Å². The van der Waals surface area contributed by atoms with E-state index in [0.29, 0.717) is 0 Å². The van der Waals surface area contributed by atoms with Crippen LogP contribution in [0.2, 0.25) is 0 Å². The Hall–Kier alpha value is -3.20. The van der Waals surface area contributed by atoms with Crippen LogP contribution in [0.25, 0.3) is 32.3 Å². The zero-order valence-corrected chi connectivity index (χ0v) is 12.3. The summed E-state index contributed by atoms with van der Waals surface area (Å²) in [5.74, 6) is 0. The Morgan fingerprint density at radius 1 is 0.783 bits per heavy atom. The fourth-order valence-electron chi connectivity index (χ4n) is 3.45. The normalized spacial score (nSPS) is 14.3. The number of hydrazone groups is 2. The number of hydrogen-bond donors (Lipinski definition) is 1. The van der Waals surface area contributed by atoms with Gasteiger partial charge in [-0.05, 0) is 50.5 Å². The summed E-state index contributed by atoms with van der Waals surface area (Å²) in [6.07, 6.45) is 5.60. The molecular formula is C20H13N3. The fraction of sp³-hybridized carbons (Fsp3) is 0. The molecule has 0 radical (unpaired) electrons. The molecule has 0 amide bonds. The highest BCUT2D eigenvalue weighted by Gasteiger charge is 2.14. The van der Waals surface area contributed by atoms with Crippen LogP contribution in [0.1, 0.15) is 5.56 Å². The van der Waals surface area contributed by atoms with Gasteiger partial charge in [-0.1, -0.05) is 48.5 Å². The molecule has 0 unspecified atom stereocenters. The summed E-state index contributed by atoms with van der Waals surface area (Å²) in [5.41, 5.74) is 4.74. The Labute approximate surface area is 133 Å². The largest absolute Gasteiger partial charge is 0.198 e. The lowest BCUT2D eigenvalue weighted by Crippen LogP contribution is -2.04. The zero-order chi connectivity index (χ0) is 15.2. The van der Waals surface area contributed by atoms with Crippen LogP contribution in [-0.2, 0) is 0 Å². The fourth-order valence-corrected chi connectivity index (χ4v) is 3.45. The molecule has 3 nitrogen and oxygen atoms in total. The van der Waals surface area contributed by atoms with E-state index in [2.05, 4.69) is 70.3 Å². The van der Waals surface area contributed by atoms with Crippen LogP contribution in [0.3, 0.4) is 0 Å². The van der Waals surface area contributed by atoms with Crippen LogP contribution < -0.4 is 5.53 Å². The van der Waals surface area contributed by atoms with E-state index in [4.69, 9.17) is 0 Å². The van der Waals surface area contributed by atoms with Crippen molar-refractivity contribution in [3.8, 4) is 0 Å². The van der Waals surface area contributed by atoms with Gasteiger partial charge in [0.05, 0.1) is 5.71 Å². The Morgan fingerprint density at radius 2 is 1.57 bits per heavy atom. The minimum Gasteiger partial charge on any atom is -0.198 e. The van der Waals surface area contributed by atoms with Crippen molar-refractivity contribution in [3.05, 3.63) is 72.3 Å². The topological polar surface area (TPSA) is 36.8 Å². The van der Waals surface area contributed by atoms with Gasteiger partial charge in [0.15, 0.2) is 0 Å². The molecule has 1 N–H and O–H groups in total. The third-order valence-electron chi connectivity index (χ3n) is 4.43. The monoisotopic (exact) mass is 295 g/mol. The minimum atomic E-state index is 0.890. The molecule has 108 valence electrons. The van der Waals surface area contributed by atoms with Gasteiger partial charge in [-0.25, -0.2) is 0 Å². The van der Waals surface area contributed by atoms with Crippen LogP contribution in [0.5, 0.6) is 0 Å². The van der Waals surface area contributed by atoms with E-state index in [-0.39, 0.29) is 0 Å². The van der Waals surface area contributed by atoms with Crippen LogP contribution in [0.4, 0.5) is 0 Å². The van der Waals surface area contributed by atoms with Crippen molar-refractivity contribution in [2.75, 3.05) is 0 Å². The van der Waals surface area contributed by atoms with Gasteiger partial charge < -0.3 is 0 Å². The number of benzene rings is 4. The molecular weight excluding hydrogens is 282 g/mol. The van der Waals surface area contributed by atoms with Crippen molar-refractivity contribution in [3.63, 3.8) is 0 Å². The predicted molar refractivity (Wildman–Crippen MR) is 97.5 cm³/mol. The molecule has 0 atom stereocenters.